The Balaban J connectivity index is 2.24. The molecule has 1 amide bonds. The van der Waals surface area contributed by atoms with Crippen LogP contribution in [0.3, 0.4) is 0 Å². The first kappa shape index (κ1) is 14.5. The molecule has 1 saturated heterocycles. The molecular weight excluding hydrogens is 218 g/mol. The van der Waals surface area contributed by atoms with Gasteiger partial charge in [-0.25, -0.2) is 0 Å². The van der Waals surface area contributed by atoms with Gasteiger partial charge in [-0.3, -0.25) is 4.79 Å². The molecule has 0 saturated carbocycles. The first-order chi connectivity index (χ1) is 7.78. The van der Waals surface area contributed by atoms with Crippen LogP contribution in [0.5, 0.6) is 0 Å². The molecule has 2 N–H and O–H groups in total. The van der Waals surface area contributed by atoms with Gasteiger partial charge in [-0.1, -0.05) is 20.8 Å². The first-order valence-electron chi connectivity index (χ1n) is 6.39. The van der Waals surface area contributed by atoms with Gasteiger partial charge in [0.15, 0.2) is 0 Å². The maximum absolute atomic E-state index is 11.7. The standard InChI is InChI=1S/C13H25NO3/c1-9-5-6-11(17-9)12(16)14-8-10(15)7-13(2,3)4/h9-11,15H,5-8H2,1-4H3,(H,14,16). The summed E-state index contributed by atoms with van der Waals surface area (Å²) in [6.07, 6.45) is 1.75. The molecule has 0 aliphatic carbocycles. The van der Waals surface area contributed by atoms with E-state index in [0.717, 1.165) is 12.8 Å². The fourth-order valence-corrected chi connectivity index (χ4v) is 2.11. The number of rotatable bonds is 4. The molecule has 100 valence electrons. The van der Waals surface area contributed by atoms with Crippen LogP contribution >= 0.6 is 0 Å². The zero-order chi connectivity index (χ0) is 13.1. The van der Waals surface area contributed by atoms with E-state index in [1.807, 2.05) is 6.92 Å². The van der Waals surface area contributed by atoms with Gasteiger partial charge >= 0.3 is 0 Å². The van der Waals surface area contributed by atoms with Crippen molar-refractivity contribution in [3.8, 4) is 0 Å². The lowest BCUT2D eigenvalue weighted by Gasteiger charge is -2.23. The van der Waals surface area contributed by atoms with Crippen LogP contribution in [-0.2, 0) is 9.53 Å². The summed E-state index contributed by atoms with van der Waals surface area (Å²) in [6, 6.07) is 0. The van der Waals surface area contributed by atoms with E-state index in [1.165, 1.54) is 0 Å². The van der Waals surface area contributed by atoms with Crippen LogP contribution in [0.1, 0.15) is 47.0 Å². The Labute approximate surface area is 104 Å². The molecule has 0 aromatic carbocycles. The van der Waals surface area contributed by atoms with Crippen molar-refractivity contribution < 1.29 is 14.6 Å². The fourth-order valence-electron chi connectivity index (χ4n) is 2.11. The van der Waals surface area contributed by atoms with E-state index in [-0.39, 0.29) is 23.5 Å². The molecule has 1 aliphatic heterocycles. The second kappa shape index (κ2) is 5.83. The minimum atomic E-state index is -0.488. The molecule has 0 spiro atoms. The Kier molecular flexibility index (Phi) is 4.95. The van der Waals surface area contributed by atoms with Gasteiger partial charge in [0.25, 0.3) is 0 Å². The lowest BCUT2D eigenvalue weighted by atomic mass is 9.89. The third-order valence-electron chi connectivity index (χ3n) is 2.88. The Hall–Kier alpha value is -0.610. The van der Waals surface area contributed by atoms with Crippen molar-refractivity contribution in [3.05, 3.63) is 0 Å². The highest BCUT2D eigenvalue weighted by atomic mass is 16.5. The van der Waals surface area contributed by atoms with Crippen LogP contribution in [0.2, 0.25) is 0 Å². The number of hydrogen-bond donors (Lipinski definition) is 2. The summed E-state index contributed by atoms with van der Waals surface area (Å²) >= 11 is 0. The van der Waals surface area contributed by atoms with E-state index in [1.54, 1.807) is 0 Å². The van der Waals surface area contributed by atoms with Gasteiger partial charge in [-0.15, -0.1) is 0 Å². The van der Waals surface area contributed by atoms with Gasteiger partial charge in [0.05, 0.1) is 12.2 Å². The van der Waals surface area contributed by atoms with E-state index < -0.39 is 6.10 Å². The van der Waals surface area contributed by atoms with Crippen molar-refractivity contribution in [2.24, 2.45) is 5.41 Å². The van der Waals surface area contributed by atoms with Crippen molar-refractivity contribution in [1.82, 2.24) is 5.32 Å². The number of amides is 1. The van der Waals surface area contributed by atoms with E-state index in [4.69, 9.17) is 4.74 Å². The molecule has 0 bridgehead atoms. The van der Waals surface area contributed by atoms with Crippen molar-refractivity contribution in [3.63, 3.8) is 0 Å². The molecule has 4 nitrogen and oxygen atoms in total. The third kappa shape index (κ3) is 5.50. The van der Waals surface area contributed by atoms with E-state index in [2.05, 4.69) is 26.1 Å². The lowest BCUT2D eigenvalue weighted by molar-refractivity contribution is -0.132. The molecule has 1 aliphatic rings. The Morgan fingerprint density at radius 3 is 2.59 bits per heavy atom. The average Bonchev–Trinajstić information content (AvgIpc) is 2.58. The van der Waals surface area contributed by atoms with Crippen molar-refractivity contribution >= 4 is 5.91 Å². The Morgan fingerprint density at radius 1 is 1.47 bits per heavy atom. The summed E-state index contributed by atoms with van der Waals surface area (Å²) in [5, 5.41) is 12.5. The first-order valence-corrected chi connectivity index (χ1v) is 6.39. The van der Waals surface area contributed by atoms with Crippen LogP contribution < -0.4 is 5.32 Å². The second-order valence-electron chi connectivity index (χ2n) is 6.18. The minimum Gasteiger partial charge on any atom is -0.391 e. The number of nitrogens with one attached hydrogen (secondary N) is 1. The van der Waals surface area contributed by atoms with Crippen molar-refractivity contribution in [2.45, 2.75) is 65.3 Å². The fraction of sp³-hybridized carbons (Fsp3) is 0.923. The van der Waals surface area contributed by atoms with E-state index in [0.29, 0.717) is 13.0 Å². The number of ether oxygens (including phenoxy) is 1. The zero-order valence-electron chi connectivity index (χ0n) is 11.3. The van der Waals surface area contributed by atoms with Crippen LogP contribution in [0.25, 0.3) is 0 Å². The summed E-state index contributed by atoms with van der Waals surface area (Å²) in [4.78, 5) is 11.7. The molecule has 0 radical (unpaired) electrons. The maximum atomic E-state index is 11.7. The maximum Gasteiger partial charge on any atom is 0.249 e. The molecule has 0 aromatic heterocycles. The number of hydrogen-bond acceptors (Lipinski definition) is 3. The van der Waals surface area contributed by atoms with Crippen LogP contribution in [0.4, 0.5) is 0 Å². The molecule has 1 rings (SSSR count). The predicted octanol–water partition coefficient (Wildman–Crippen LogP) is 1.47. The Morgan fingerprint density at radius 2 is 2.12 bits per heavy atom. The number of aliphatic hydroxyl groups excluding tert-OH is 1. The topological polar surface area (TPSA) is 58.6 Å². The Bertz CT molecular complexity index is 260. The predicted molar refractivity (Wildman–Crippen MR) is 66.7 cm³/mol. The highest BCUT2D eigenvalue weighted by Crippen LogP contribution is 2.21. The second-order valence-corrected chi connectivity index (χ2v) is 6.18. The average molecular weight is 243 g/mol. The van der Waals surface area contributed by atoms with E-state index >= 15 is 0 Å². The molecule has 4 heteroatoms. The van der Waals surface area contributed by atoms with Crippen LogP contribution in [0, 0.1) is 5.41 Å². The summed E-state index contributed by atoms with van der Waals surface area (Å²) in [5.41, 5.74) is 0.0719. The van der Waals surface area contributed by atoms with Gasteiger partial charge < -0.3 is 15.2 Å². The highest BCUT2D eigenvalue weighted by molar-refractivity contribution is 5.81. The largest absolute Gasteiger partial charge is 0.391 e. The number of aliphatic hydroxyl groups is 1. The normalized spacial score (nSPS) is 26.9. The summed E-state index contributed by atoms with van der Waals surface area (Å²) in [5.74, 6) is -0.0951. The van der Waals surface area contributed by atoms with Gasteiger partial charge in [0.2, 0.25) is 5.91 Å². The number of carbonyl (C=O) groups excluding carboxylic acids is 1. The third-order valence-corrected chi connectivity index (χ3v) is 2.88. The van der Waals surface area contributed by atoms with Gasteiger partial charge in [0.1, 0.15) is 6.10 Å². The summed E-state index contributed by atoms with van der Waals surface area (Å²) in [6.45, 7) is 8.49. The quantitative estimate of drug-likeness (QED) is 0.786. The van der Waals surface area contributed by atoms with E-state index in [9.17, 15) is 9.90 Å². The molecule has 3 atom stereocenters. The number of carbonyl (C=O) groups is 1. The minimum absolute atomic E-state index is 0.0719. The van der Waals surface area contributed by atoms with Gasteiger partial charge in [-0.2, -0.15) is 0 Å². The molecule has 1 fully saturated rings. The van der Waals surface area contributed by atoms with Crippen molar-refractivity contribution in [1.29, 1.82) is 0 Å². The molecule has 17 heavy (non-hydrogen) atoms. The van der Waals surface area contributed by atoms with Crippen LogP contribution in [0.15, 0.2) is 0 Å². The SMILES string of the molecule is CC1CCC(C(=O)NCC(O)CC(C)(C)C)O1. The molecule has 3 unspecified atom stereocenters. The van der Waals surface area contributed by atoms with Crippen molar-refractivity contribution in [2.75, 3.05) is 6.54 Å². The smallest absolute Gasteiger partial charge is 0.249 e. The summed E-state index contributed by atoms with van der Waals surface area (Å²) in [7, 11) is 0. The van der Waals surface area contributed by atoms with Gasteiger partial charge in [-0.05, 0) is 31.6 Å². The lowest BCUT2D eigenvalue weighted by Crippen LogP contribution is -2.40. The zero-order valence-corrected chi connectivity index (χ0v) is 11.3. The molecular formula is C13H25NO3. The molecule has 0 aromatic rings. The monoisotopic (exact) mass is 243 g/mol. The molecule has 1 heterocycles. The highest BCUT2D eigenvalue weighted by Gasteiger charge is 2.28. The van der Waals surface area contributed by atoms with Gasteiger partial charge in [0, 0.05) is 6.54 Å². The van der Waals surface area contributed by atoms with Crippen LogP contribution in [-0.4, -0.2) is 35.9 Å². The summed E-state index contributed by atoms with van der Waals surface area (Å²) < 4.78 is 5.46.